The van der Waals surface area contributed by atoms with Gasteiger partial charge in [0.15, 0.2) is 0 Å². The summed E-state index contributed by atoms with van der Waals surface area (Å²) in [5.74, 6) is 0. The molecule has 0 radical (unpaired) electrons. The lowest BCUT2D eigenvalue weighted by molar-refractivity contribution is 0.107. The molecule has 0 aliphatic heterocycles. The average Bonchev–Trinajstić information content (AvgIpc) is 2.61. The molecule has 0 atom stereocenters. The molecule has 0 aliphatic rings. The zero-order valence-corrected chi connectivity index (χ0v) is 8.37. The van der Waals surface area contributed by atoms with E-state index >= 15 is 0 Å². The van der Waals surface area contributed by atoms with Crippen molar-refractivity contribution in [3.8, 4) is 0 Å². The summed E-state index contributed by atoms with van der Waals surface area (Å²) in [7, 11) is 0. The maximum Gasteiger partial charge on any atom is 0.321 e. The lowest BCUT2D eigenvalue weighted by Crippen LogP contribution is -2.05. The van der Waals surface area contributed by atoms with Crippen LogP contribution in [0.4, 0.5) is 8.78 Å². The first-order valence-corrected chi connectivity index (χ1v) is 5.37. The topological polar surface area (TPSA) is 15.8 Å². The maximum absolute atomic E-state index is 13.4. The standard InChI is InChI=1S/C10H9F2NS/c1-14-10(11,12)8-6-13-9-5-3-2-4-7(8)9/h2-6,13H,1H3. The first-order valence-electron chi connectivity index (χ1n) is 4.15. The Morgan fingerprint density at radius 2 is 2.00 bits per heavy atom. The van der Waals surface area contributed by atoms with E-state index in [4.69, 9.17) is 0 Å². The minimum atomic E-state index is -2.82. The van der Waals surface area contributed by atoms with Crippen molar-refractivity contribution < 1.29 is 8.78 Å². The number of aromatic nitrogens is 1. The highest BCUT2D eigenvalue weighted by Crippen LogP contribution is 2.41. The average molecular weight is 213 g/mol. The fraction of sp³-hybridized carbons (Fsp3) is 0.200. The fourth-order valence-corrected chi connectivity index (χ4v) is 1.81. The van der Waals surface area contributed by atoms with E-state index in [2.05, 4.69) is 4.98 Å². The zero-order valence-electron chi connectivity index (χ0n) is 7.55. The second-order valence-corrected chi connectivity index (χ2v) is 3.89. The molecular weight excluding hydrogens is 204 g/mol. The van der Waals surface area contributed by atoms with Gasteiger partial charge in [-0.25, -0.2) is 0 Å². The number of aromatic amines is 1. The predicted octanol–water partition coefficient (Wildman–Crippen LogP) is 3.58. The van der Waals surface area contributed by atoms with Gasteiger partial charge >= 0.3 is 5.25 Å². The van der Waals surface area contributed by atoms with Crippen LogP contribution in [0.1, 0.15) is 5.56 Å². The van der Waals surface area contributed by atoms with Gasteiger partial charge in [0, 0.05) is 17.1 Å². The quantitative estimate of drug-likeness (QED) is 0.806. The van der Waals surface area contributed by atoms with Gasteiger partial charge in [0.25, 0.3) is 0 Å². The molecule has 0 bridgehead atoms. The molecule has 0 aliphatic carbocycles. The van der Waals surface area contributed by atoms with Crippen molar-refractivity contribution in [1.82, 2.24) is 4.98 Å². The second kappa shape index (κ2) is 3.28. The molecule has 4 heteroatoms. The number of nitrogens with one attached hydrogen (secondary N) is 1. The minimum absolute atomic E-state index is 0.0561. The van der Waals surface area contributed by atoms with Crippen molar-refractivity contribution in [2.45, 2.75) is 5.25 Å². The molecule has 2 rings (SSSR count). The molecule has 1 nitrogen and oxygen atoms in total. The number of H-pyrrole nitrogens is 1. The number of para-hydroxylation sites is 1. The summed E-state index contributed by atoms with van der Waals surface area (Å²) >= 11 is 0.546. The Morgan fingerprint density at radius 1 is 1.29 bits per heavy atom. The van der Waals surface area contributed by atoms with E-state index < -0.39 is 5.25 Å². The van der Waals surface area contributed by atoms with Gasteiger partial charge in [0.1, 0.15) is 0 Å². The number of hydrogen-bond acceptors (Lipinski definition) is 1. The van der Waals surface area contributed by atoms with Crippen LogP contribution in [0.15, 0.2) is 30.5 Å². The van der Waals surface area contributed by atoms with Crippen molar-refractivity contribution in [3.63, 3.8) is 0 Å². The highest BCUT2D eigenvalue weighted by Gasteiger charge is 2.32. The van der Waals surface area contributed by atoms with E-state index in [-0.39, 0.29) is 5.56 Å². The van der Waals surface area contributed by atoms with Gasteiger partial charge in [0.2, 0.25) is 0 Å². The third-order valence-electron chi connectivity index (χ3n) is 2.16. The number of halogens is 2. The van der Waals surface area contributed by atoms with E-state index in [1.54, 1.807) is 18.2 Å². The molecule has 14 heavy (non-hydrogen) atoms. The molecule has 1 heterocycles. The fourth-order valence-electron chi connectivity index (χ4n) is 1.42. The van der Waals surface area contributed by atoms with Crippen molar-refractivity contribution in [2.75, 3.05) is 6.26 Å². The summed E-state index contributed by atoms with van der Waals surface area (Å²) in [4.78, 5) is 2.84. The third-order valence-corrected chi connectivity index (χ3v) is 2.89. The van der Waals surface area contributed by atoms with Gasteiger partial charge in [-0.1, -0.05) is 30.0 Å². The van der Waals surface area contributed by atoms with Crippen LogP contribution in [0, 0.1) is 0 Å². The van der Waals surface area contributed by atoms with E-state index in [0.29, 0.717) is 17.1 Å². The molecule has 0 fully saturated rings. The summed E-state index contributed by atoms with van der Waals surface area (Å²) in [6.45, 7) is 0. The van der Waals surface area contributed by atoms with Crippen molar-refractivity contribution in [1.29, 1.82) is 0 Å². The molecule has 1 aromatic carbocycles. The van der Waals surface area contributed by atoms with Crippen LogP contribution in [0.3, 0.4) is 0 Å². The van der Waals surface area contributed by atoms with Gasteiger partial charge in [-0.2, -0.15) is 8.78 Å². The van der Waals surface area contributed by atoms with Gasteiger partial charge < -0.3 is 4.98 Å². The monoisotopic (exact) mass is 213 g/mol. The summed E-state index contributed by atoms with van der Waals surface area (Å²) < 4.78 is 26.8. The Labute approximate surface area is 84.5 Å². The largest absolute Gasteiger partial charge is 0.361 e. The lowest BCUT2D eigenvalue weighted by Gasteiger charge is -2.11. The summed E-state index contributed by atoms with van der Waals surface area (Å²) in [5, 5.41) is -2.23. The Bertz CT molecular complexity index is 450. The van der Waals surface area contributed by atoms with E-state index in [9.17, 15) is 8.78 Å². The molecule has 0 amide bonds. The van der Waals surface area contributed by atoms with Crippen molar-refractivity contribution in [2.24, 2.45) is 0 Å². The van der Waals surface area contributed by atoms with Crippen LogP contribution in [0.5, 0.6) is 0 Å². The molecule has 1 N–H and O–H groups in total. The number of rotatable bonds is 2. The highest BCUT2D eigenvalue weighted by atomic mass is 32.2. The van der Waals surface area contributed by atoms with Crippen LogP contribution in [0.2, 0.25) is 0 Å². The summed E-state index contributed by atoms with van der Waals surface area (Å²) in [6.07, 6.45) is 2.78. The predicted molar refractivity (Wildman–Crippen MR) is 55.7 cm³/mol. The van der Waals surface area contributed by atoms with Crippen LogP contribution in [0.25, 0.3) is 10.9 Å². The Kier molecular flexibility index (Phi) is 2.23. The molecular formula is C10H9F2NS. The Hall–Kier alpha value is -1.03. The van der Waals surface area contributed by atoms with Crippen LogP contribution < -0.4 is 0 Å². The SMILES string of the molecule is CSC(F)(F)c1c[nH]c2ccccc12. The van der Waals surface area contributed by atoms with Crippen molar-refractivity contribution >= 4 is 22.7 Å². The van der Waals surface area contributed by atoms with Gasteiger partial charge in [-0.15, -0.1) is 0 Å². The molecule has 74 valence electrons. The van der Waals surface area contributed by atoms with Crippen LogP contribution in [-0.4, -0.2) is 11.2 Å². The van der Waals surface area contributed by atoms with Gasteiger partial charge in [0.05, 0.1) is 5.56 Å². The Balaban J connectivity index is 2.64. The zero-order chi connectivity index (χ0) is 10.2. The smallest absolute Gasteiger partial charge is 0.321 e. The molecule has 0 saturated heterocycles. The first-order chi connectivity index (χ1) is 6.65. The molecule has 0 unspecified atom stereocenters. The number of alkyl halides is 2. The second-order valence-electron chi connectivity index (χ2n) is 2.97. The summed E-state index contributed by atoms with van der Waals surface area (Å²) in [6, 6.07) is 7.07. The third kappa shape index (κ3) is 1.39. The van der Waals surface area contributed by atoms with Crippen LogP contribution in [-0.2, 0) is 5.25 Å². The molecule has 0 spiro atoms. The number of fused-ring (bicyclic) bond motifs is 1. The van der Waals surface area contributed by atoms with Gasteiger partial charge in [-0.05, 0) is 12.3 Å². The highest BCUT2D eigenvalue weighted by molar-refractivity contribution is 7.99. The van der Waals surface area contributed by atoms with E-state index in [1.807, 2.05) is 6.07 Å². The maximum atomic E-state index is 13.4. The first kappa shape index (κ1) is 9.52. The molecule has 0 saturated carbocycles. The van der Waals surface area contributed by atoms with E-state index in [1.165, 1.54) is 12.5 Å². The number of hydrogen-bond donors (Lipinski definition) is 1. The van der Waals surface area contributed by atoms with Crippen molar-refractivity contribution in [3.05, 3.63) is 36.0 Å². The molecule has 1 aromatic heterocycles. The van der Waals surface area contributed by atoms with E-state index in [0.717, 1.165) is 5.52 Å². The number of thioether (sulfide) groups is 1. The lowest BCUT2D eigenvalue weighted by atomic mass is 10.2. The molecule has 2 aromatic rings. The van der Waals surface area contributed by atoms with Crippen LogP contribution >= 0.6 is 11.8 Å². The Morgan fingerprint density at radius 3 is 2.71 bits per heavy atom. The minimum Gasteiger partial charge on any atom is -0.361 e. The summed E-state index contributed by atoms with van der Waals surface area (Å²) in [5.41, 5.74) is 0.803. The normalized spacial score (nSPS) is 12.2. The number of benzene rings is 1. The van der Waals surface area contributed by atoms with Gasteiger partial charge in [-0.3, -0.25) is 0 Å².